The Kier molecular flexibility index (Phi) is 6.04. The number of pyridine rings is 1. The van der Waals surface area contributed by atoms with E-state index < -0.39 is 6.10 Å². The summed E-state index contributed by atoms with van der Waals surface area (Å²) >= 11 is 0. The van der Waals surface area contributed by atoms with Crippen molar-refractivity contribution >= 4 is 11.6 Å². The van der Waals surface area contributed by atoms with Gasteiger partial charge in [0.25, 0.3) is 5.56 Å². The van der Waals surface area contributed by atoms with Crippen LogP contribution in [-0.4, -0.2) is 41.9 Å². The number of aliphatic hydroxyl groups is 1. The molecule has 0 spiro atoms. The Hall–Kier alpha value is -1.86. The Morgan fingerprint density at radius 3 is 3.00 bits per heavy atom. The molecule has 0 aliphatic rings. The van der Waals surface area contributed by atoms with E-state index in [-0.39, 0.29) is 24.6 Å². The van der Waals surface area contributed by atoms with Crippen LogP contribution in [0.3, 0.4) is 0 Å². The largest absolute Gasteiger partial charge is 0.398 e. The van der Waals surface area contributed by atoms with Gasteiger partial charge >= 0.3 is 0 Å². The van der Waals surface area contributed by atoms with Crippen LogP contribution in [0, 0.1) is 0 Å². The van der Waals surface area contributed by atoms with Crippen LogP contribution in [0.2, 0.25) is 0 Å². The number of carbonyl (C=O) groups excluding carboxylic acids is 1. The lowest BCUT2D eigenvalue weighted by molar-refractivity contribution is -0.121. The average Bonchev–Trinajstić information content (AvgIpc) is 2.34. The lowest BCUT2D eigenvalue weighted by Crippen LogP contribution is -2.34. The number of ether oxygens (including phenoxy) is 1. The summed E-state index contributed by atoms with van der Waals surface area (Å²) in [7, 11) is 1.49. The first-order valence-electron chi connectivity index (χ1n) is 5.92. The van der Waals surface area contributed by atoms with Crippen LogP contribution in [-0.2, 0) is 16.1 Å². The van der Waals surface area contributed by atoms with Crippen molar-refractivity contribution in [2.45, 2.75) is 19.1 Å². The molecule has 1 aromatic rings. The number of nitrogens with one attached hydrogen (secondary N) is 1. The molecule has 7 heteroatoms. The second kappa shape index (κ2) is 7.55. The Morgan fingerprint density at radius 2 is 2.32 bits per heavy atom. The molecular formula is C12H19N3O4. The average molecular weight is 269 g/mol. The van der Waals surface area contributed by atoms with Gasteiger partial charge < -0.3 is 25.5 Å². The quantitative estimate of drug-likeness (QED) is 0.585. The standard InChI is InChI=1S/C12H19N3O4/c1-19-8-10(16)4-5-14-11(17)7-15-6-9(13)2-3-12(15)18/h2-3,6,10,16H,4-5,7-8,13H2,1H3,(H,14,17). The van der Waals surface area contributed by atoms with Crippen molar-refractivity contribution in [3.8, 4) is 0 Å². The van der Waals surface area contributed by atoms with Crippen LogP contribution in [0.5, 0.6) is 0 Å². The van der Waals surface area contributed by atoms with E-state index in [1.54, 1.807) is 0 Å². The maximum absolute atomic E-state index is 11.6. The Bertz CT molecular complexity index is 472. The van der Waals surface area contributed by atoms with Crippen molar-refractivity contribution in [2.24, 2.45) is 0 Å². The highest BCUT2D eigenvalue weighted by Crippen LogP contribution is 1.95. The van der Waals surface area contributed by atoms with Crippen LogP contribution >= 0.6 is 0 Å². The van der Waals surface area contributed by atoms with Crippen molar-refractivity contribution in [3.05, 3.63) is 28.7 Å². The van der Waals surface area contributed by atoms with Crippen molar-refractivity contribution in [3.63, 3.8) is 0 Å². The van der Waals surface area contributed by atoms with Crippen molar-refractivity contribution in [2.75, 3.05) is 26.0 Å². The number of methoxy groups -OCH3 is 1. The molecular weight excluding hydrogens is 250 g/mol. The van der Waals surface area contributed by atoms with Crippen LogP contribution in [0.15, 0.2) is 23.1 Å². The lowest BCUT2D eigenvalue weighted by Gasteiger charge is -2.11. The molecule has 106 valence electrons. The fourth-order valence-electron chi connectivity index (χ4n) is 1.54. The fourth-order valence-corrected chi connectivity index (χ4v) is 1.54. The van der Waals surface area contributed by atoms with E-state index in [0.29, 0.717) is 18.7 Å². The number of hydrogen-bond acceptors (Lipinski definition) is 5. The minimum Gasteiger partial charge on any atom is -0.398 e. The van der Waals surface area contributed by atoms with Gasteiger partial charge in [0.1, 0.15) is 6.54 Å². The van der Waals surface area contributed by atoms with Gasteiger partial charge in [-0.25, -0.2) is 0 Å². The van der Waals surface area contributed by atoms with E-state index in [4.69, 9.17) is 10.5 Å². The Balaban J connectivity index is 2.39. The van der Waals surface area contributed by atoms with Gasteiger partial charge in [-0.1, -0.05) is 0 Å². The van der Waals surface area contributed by atoms with Gasteiger partial charge in [-0.2, -0.15) is 0 Å². The molecule has 19 heavy (non-hydrogen) atoms. The number of carbonyl (C=O) groups is 1. The van der Waals surface area contributed by atoms with E-state index in [1.165, 1.54) is 30.0 Å². The first-order chi connectivity index (χ1) is 9.02. The number of amides is 1. The van der Waals surface area contributed by atoms with E-state index >= 15 is 0 Å². The number of nitrogens with zero attached hydrogens (tertiary/aromatic N) is 1. The molecule has 0 fully saturated rings. The molecule has 0 saturated heterocycles. The van der Waals surface area contributed by atoms with Gasteiger partial charge in [0.15, 0.2) is 0 Å². The van der Waals surface area contributed by atoms with Crippen molar-refractivity contribution in [1.29, 1.82) is 0 Å². The summed E-state index contributed by atoms with van der Waals surface area (Å²) in [6.07, 6.45) is 1.20. The molecule has 0 aliphatic carbocycles. The van der Waals surface area contributed by atoms with Gasteiger partial charge in [0.05, 0.1) is 12.7 Å². The summed E-state index contributed by atoms with van der Waals surface area (Å²) < 4.78 is 6.00. The summed E-state index contributed by atoms with van der Waals surface area (Å²) in [5.41, 5.74) is 5.67. The number of aliphatic hydroxyl groups excluding tert-OH is 1. The van der Waals surface area contributed by atoms with Crippen LogP contribution < -0.4 is 16.6 Å². The zero-order chi connectivity index (χ0) is 14.3. The first-order valence-corrected chi connectivity index (χ1v) is 5.92. The predicted octanol–water partition coefficient (Wildman–Crippen LogP) is -1.06. The van der Waals surface area contributed by atoms with Gasteiger partial charge in [-0.15, -0.1) is 0 Å². The van der Waals surface area contributed by atoms with E-state index in [1.807, 2.05) is 0 Å². The molecule has 0 aliphatic heterocycles. The molecule has 1 heterocycles. The normalized spacial score (nSPS) is 12.1. The minimum atomic E-state index is -0.611. The Morgan fingerprint density at radius 1 is 1.58 bits per heavy atom. The Labute approximate surface area is 111 Å². The molecule has 0 bridgehead atoms. The van der Waals surface area contributed by atoms with Crippen LogP contribution in [0.1, 0.15) is 6.42 Å². The molecule has 0 saturated carbocycles. The topological polar surface area (TPSA) is 107 Å². The third-order valence-corrected chi connectivity index (χ3v) is 2.48. The summed E-state index contributed by atoms with van der Waals surface area (Å²) in [4.78, 5) is 23.0. The molecule has 1 amide bonds. The zero-order valence-corrected chi connectivity index (χ0v) is 10.8. The molecule has 1 unspecified atom stereocenters. The van der Waals surface area contributed by atoms with Crippen LogP contribution in [0.4, 0.5) is 5.69 Å². The smallest absolute Gasteiger partial charge is 0.251 e. The number of nitrogen functional groups attached to an aromatic ring is 1. The summed E-state index contributed by atoms with van der Waals surface area (Å²) in [6.45, 7) is 0.454. The number of rotatable bonds is 7. The first kappa shape index (κ1) is 15.2. The molecule has 7 nitrogen and oxygen atoms in total. The third-order valence-electron chi connectivity index (χ3n) is 2.48. The fraction of sp³-hybridized carbons (Fsp3) is 0.500. The molecule has 1 aromatic heterocycles. The van der Waals surface area contributed by atoms with Gasteiger partial charge in [0, 0.05) is 31.6 Å². The molecule has 1 atom stereocenters. The number of nitrogens with two attached hydrogens (primary N) is 1. The highest BCUT2D eigenvalue weighted by atomic mass is 16.5. The summed E-state index contributed by atoms with van der Waals surface area (Å²) in [5, 5.41) is 12.0. The lowest BCUT2D eigenvalue weighted by atomic mass is 10.2. The molecule has 1 rings (SSSR count). The number of aromatic nitrogens is 1. The van der Waals surface area contributed by atoms with Gasteiger partial charge in [-0.05, 0) is 12.5 Å². The van der Waals surface area contributed by atoms with Gasteiger partial charge in [-0.3, -0.25) is 9.59 Å². The predicted molar refractivity (Wildman–Crippen MR) is 70.6 cm³/mol. The van der Waals surface area contributed by atoms with Gasteiger partial charge in [0.2, 0.25) is 5.91 Å². The molecule has 0 aromatic carbocycles. The third kappa shape index (κ3) is 5.54. The van der Waals surface area contributed by atoms with E-state index in [0.717, 1.165) is 0 Å². The van der Waals surface area contributed by atoms with Crippen molar-refractivity contribution in [1.82, 2.24) is 9.88 Å². The summed E-state index contributed by atoms with van der Waals surface area (Å²) in [5.74, 6) is -0.308. The summed E-state index contributed by atoms with van der Waals surface area (Å²) in [6, 6.07) is 2.79. The number of hydrogen-bond donors (Lipinski definition) is 3. The van der Waals surface area contributed by atoms with E-state index in [9.17, 15) is 14.7 Å². The second-order valence-electron chi connectivity index (χ2n) is 4.18. The second-order valence-corrected chi connectivity index (χ2v) is 4.18. The van der Waals surface area contributed by atoms with E-state index in [2.05, 4.69) is 5.32 Å². The zero-order valence-electron chi connectivity index (χ0n) is 10.8. The number of anilines is 1. The molecule has 4 N–H and O–H groups in total. The van der Waals surface area contributed by atoms with Crippen LogP contribution in [0.25, 0.3) is 0 Å². The SMILES string of the molecule is COCC(O)CCNC(=O)Cn1cc(N)ccc1=O. The monoisotopic (exact) mass is 269 g/mol. The maximum atomic E-state index is 11.6. The highest BCUT2D eigenvalue weighted by molar-refractivity contribution is 5.75. The molecule has 0 radical (unpaired) electrons. The maximum Gasteiger partial charge on any atom is 0.251 e. The highest BCUT2D eigenvalue weighted by Gasteiger charge is 2.07. The minimum absolute atomic E-state index is 0.0930. The van der Waals surface area contributed by atoms with Crippen molar-refractivity contribution < 1.29 is 14.6 Å².